The van der Waals surface area contributed by atoms with Crippen LogP contribution in [0.5, 0.6) is 0 Å². The number of carbonyl (C=O) groups is 3. The van der Waals surface area contributed by atoms with Gasteiger partial charge < -0.3 is 19.0 Å². The van der Waals surface area contributed by atoms with Crippen molar-refractivity contribution in [2.45, 2.75) is 95.9 Å². The predicted molar refractivity (Wildman–Crippen MR) is 139 cm³/mol. The number of aliphatic carboxylic acids is 1. The fourth-order valence-corrected chi connectivity index (χ4v) is 3.96. The largest absolute Gasteiger partial charge is 1.00 e. The summed E-state index contributed by atoms with van der Waals surface area (Å²) in [4.78, 5) is 35.3. The maximum absolute atomic E-state index is 11.9. The number of nitrogens with one attached hydrogen (secondary N) is 1. The summed E-state index contributed by atoms with van der Waals surface area (Å²) in [6.45, 7) is 2.18. The number of hydrogen-bond acceptors (Lipinski definition) is 5. The molecule has 0 unspecified atom stereocenters. The van der Waals surface area contributed by atoms with Crippen LogP contribution in [0, 0.1) is 0 Å². The maximum atomic E-state index is 11.9. The molecular formula is C26H44N2Na2O4S. The molecule has 1 rings (SSSR count). The van der Waals surface area contributed by atoms with E-state index in [1.54, 1.807) is 0 Å². The minimum Gasteiger partial charge on any atom is -1.00 e. The Morgan fingerprint density at radius 2 is 1.57 bits per heavy atom. The molecule has 0 aliphatic carbocycles. The first-order valence-electron chi connectivity index (χ1n) is 12.4. The number of ketones is 1. The molecule has 0 radical (unpaired) electrons. The molecule has 0 spiro atoms. The van der Waals surface area contributed by atoms with Crippen molar-refractivity contribution in [3.63, 3.8) is 0 Å². The molecule has 9 heteroatoms. The molecule has 2 atom stereocenters. The Kier molecular flexibility index (Phi) is 24.8. The van der Waals surface area contributed by atoms with Crippen molar-refractivity contribution in [3.05, 3.63) is 35.4 Å². The maximum Gasteiger partial charge on any atom is 1.00 e. The summed E-state index contributed by atoms with van der Waals surface area (Å²) >= 11 is 3.95. The third-order valence-electron chi connectivity index (χ3n) is 5.94. The average Bonchev–Trinajstić information content (AvgIpc) is 2.81. The summed E-state index contributed by atoms with van der Waals surface area (Å²) in [5.74, 6) is -1.66. The molecule has 0 saturated carbocycles. The molecule has 35 heavy (non-hydrogen) atoms. The normalized spacial score (nSPS) is 12.1. The molecule has 4 N–H and O–H groups in total. The van der Waals surface area contributed by atoms with E-state index in [1.165, 1.54) is 50.5 Å². The van der Waals surface area contributed by atoms with Crippen LogP contribution in [0.4, 0.5) is 0 Å². The van der Waals surface area contributed by atoms with Crippen LogP contribution in [0.3, 0.4) is 0 Å². The van der Waals surface area contributed by atoms with Gasteiger partial charge in [-0.3, -0.25) is 14.4 Å². The van der Waals surface area contributed by atoms with Gasteiger partial charge in [-0.05, 0) is 36.8 Å². The number of carbonyl (C=O) groups excluding carboxylic acids is 2. The first-order chi connectivity index (χ1) is 15.9. The molecule has 0 heterocycles. The summed E-state index contributed by atoms with van der Waals surface area (Å²) in [7, 11) is 0. The molecule has 0 saturated heterocycles. The van der Waals surface area contributed by atoms with Gasteiger partial charge in [-0.15, -0.1) is 0 Å². The molecule has 190 valence electrons. The van der Waals surface area contributed by atoms with E-state index in [1.807, 2.05) is 24.3 Å². The zero-order chi connectivity index (χ0) is 24.5. The monoisotopic (exact) mass is 526 g/mol. The van der Waals surface area contributed by atoms with Crippen LogP contribution in [0.2, 0.25) is 0 Å². The minimum atomic E-state index is -0.839. The van der Waals surface area contributed by atoms with Gasteiger partial charge in [-0.2, -0.15) is 12.6 Å². The van der Waals surface area contributed by atoms with Crippen molar-refractivity contribution in [1.82, 2.24) is 5.32 Å². The van der Waals surface area contributed by atoms with Crippen LogP contribution in [-0.2, 0) is 20.8 Å². The first kappa shape index (κ1) is 37.3. The third kappa shape index (κ3) is 17.3. The minimum absolute atomic E-state index is 0. The number of unbranched alkanes of at least 4 members (excludes halogenated alkanes) is 7. The Bertz CT molecular complexity index is 731. The van der Waals surface area contributed by atoms with Gasteiger partial charge in [-0.1, -0.05) is 76.1 Å². The third-order valence-corrected chi connectivity index (χ3v) is 6.33. The number of benzene rings is 1. The van der Waals surface area contributed by atoms with Crippen molar-refractivity contribution in [2.24, 2.45) is 5.73 Å². The number of carboxylic acids is 1. The zero-order valence-corrected chi connectivity index (χ0v) is 27.0. The molecule has 6 nitrogen and oxygen atoms in total. The van der Waals surface area contributed by atoms with Gasteiger partial charge in [0.15, 0.2) is 5.78 Å². The number of rotatable bonds is 19. The van der Waals surface area contributed by atoms with Crippen LogP contribution < -0.4 is 70.2 Å². The van der Waals surface area contributed by atoms with Crippen LogP contribution >= 0.6 is 12.6 Å². The quantitative estimate of drug-likeness (QED) is 0.104. The molecule has 0 aromatic heterocycles. The van der Waals surface area contributed by atoms with Gasteiger partial charge in [-0.25, -0.2) is 0 Å². The van der Waals surface area contributed by atoms with E-state index in [9.17, 15) is 19.5 Å². The fourth-order valence-electron chi connectivity index (χ4n) is 3.79. The molecule has 1 aromatic carbocycles. The smallest absolute Gasteiger partial charge is 1.00 e. The van der Waals surface area contributed by atoms with Crippen molar-refractivity contribution in [3.8, 4) is 0 Å². The SMILES string of the molecule is CCCCCCCCCc1ccc([C@@H](CCCCC(=O)CNC(=O)[C@@H](N)CS)C(=O)O)cc1.[H-].[H-].[Na+].[Na+]. The van der Waals surface area contributed by atoms with Crippen molar-refractivity contribution >= 4 is 30.3 Å². The van der Waals surface area contributed by atoms with Gasteiger partial charge in [0.1, 0.15) is 0 Å². The zero-order valence-electron chi connectivity index (χ0n) is 24.1. The molecule has 1 amide bonds. The summed E-state index contributed by atoms with van der Waals surface area (Å²) in [5, 5.41) is 12.2. The van der Waals surface area contributed by atoms with E-state index in [0.717, 1.165) is 12.0 Å². The summed E-state index contributed by atoms with van der Waals surface area (Å²) in [5.41, 5.74) is 7.61. The molecule has 0 aliphatic rings. The van der Waals surface area contributed by atoms with Gasteiger partial charge >= 0.3 is 65.1 Å². The van der Waals surface area contributed by atoms with E-state index in [-0.39, 0.29) is 86.0 Å². The van der Waals surface area contributed by atoms with Gasteiger partial charge in [0.2, 0.25) is 5.91 Å². The number of nitrogens with two attached hydrogens (primary N) is 1. The van der Waals surface area contributed by atoms with Gasteiger partial charge in [0, 0.05) is 12.2 Å². The number of Topliss-reactive ketones (excluding diaryl/α,β-unsaturated/α-hetero) is 1. The van der Waals surface area contributed by atoms with E-state index in [2.05, 4.69) is 24.9 Å². The standard InChI is InChI=1S/C26H42N2O4S.2Na.2H/c1-2-3-4-5-6-7-8-11-20-14-16-21(17-15-20)23(26(31)32)13-10-9-12-22(29)18-28-25(30)24(27)19-33;;;;/h14-17,23-24,33H,2-13,18-19,27H2,1H3,(H,28,30)(H,31,32);;;;/q;2*+1;2*-1/t23-,24+;;;;/m1..../s1. The number of amides is 1. The molecule has 0 fully saturated rings. The average molecular weight is 527 g/mol. The molecule has 0 bridgehead atoms. The number of thiol groups is 1. The molecular weight excluding hydrogens is 482 g/mol. The topological polar surface area (TPSA) is 109 Å². The van der Waals surface area contributed by atoms with Crippen LogP contribution in [0.25, 0.3) is 0 Å². The Labute approximate surface area is 264 Å². The van der Waals surface area contributed by atoms with Crippen molar-refractivity contribution in [1.29, 1.82) is 0 Å². The number of aryl methyl sites for hydroxylation is 1. The second kappa shape index (κ2) is 23.3. The van der Waals surface area contributed by atoms with Gasteiger partial charge in [0.05, 0.1) is 18.5 Å². The molecule has 0 aliphatic heterocycles. The number of carboxylic acid groups (broad SMARTS) is 1. The summed E-state index contributed by atoms with van der Waals surface area (Å²) in [6.07, 6.45) is 12.0. The first-order valence-corrected chi connectivity index (χ1v) is 13.0. The summed E-state index contributed by atoms with van der Waals surface area (Å²) < 4.78 is 0. The molecule has 1 aromatic rings. The van der Waals surface area contributed by atoms with Crippen LogP contribution in [0.15, 0.2) is 24.3 Å². The fraction of sp³-hybridized carbons (Fsp3) is 0.654. The van der Waals surface area contributed by atoms with E-state index in [4.69, 9.17) is 5.73 Å². The van der Waals surface area contributed by atoms with Crippen molar-refractivity contribution < 1.29 is 81.5 Å². The second-order valence-corrected chi connectivity index (χ2v) is 9.16. The van der Waals surface area contributed by atoms with Gasteiger partial charge in [0.25, 0.3) is 0 Å². The van der Waals surface area contributed by atoms with E-state index >= 15 is 0 Å². The van der Waals surface area contributed by atoms with Crippen LogP contribution in [-0.4, -0.2) is 41.1 Å². The Hall–Kier alpha value is 0.140. The second-order valence-electron chi connectivity index (χ2n) is 8.80. The van der Waals surface area contributed by atoms with Crippen LogP contribution in [0.1, 0.15) is 97.5 Å². The van der Waals surface area contributed by atoms with E-state index < -0.39 is 17.9 Å². The Morgan fingerprint density at radius 1 is 0.971 bits per heavy atom. The number of hydrogen-bond donors (Lipinski definition) is 4. The Morgan fingerprint density at radius 3 is 2.14 bits per heavy atom. The summed E-state index contributed by atoms with van der Waals surface area (Å²) in [6, 6.07) is 7.23. The Balaban J connectivity index is -0.00000136. The van der Waals surface area contributed by atoms with Crippen molar-refractivity contribution in [2.75, 3.05) is 12.3 Å². The van der Waals surface area contributed by atoms with E-state index in [0.29, 0.717) is 25.7 Å². The predicted octanol–water partition coefficient (Wildman–Crippen LogP) is -1.12.